The molecule has 3 heterocycles. The third-order valence-electron chi connectivity index (χ3n) is 4.10. The monoisotopic (exact) mass is 356 g/mol. The second-order valence-electron chi connectivity index (χ2n) is 5.93. The largest absolute Gasteiger partial charge is 0.361 e. The van der Waals surface area contributed by atoms with Crippen LogP contribution in [0.3, 0.4) is 0 Å². The van der Waals surface area contributed by atoms with Crippen LogP contribution in [0, 0.1) is 13.8 Å². The van der Waals surface area contributed by atoms with Gasteiger partial charge in [-0.05, 0) is 26.0 Å². The van der Waals surface area contributed by atoms with E-state index in [9.17, 15) is 9.59 Å². The van der Waals surface area contributed by atoms with Crippen molar-refractivity contribution >= 4 is 5.91 Å². The van der Waals surface area contributed by atoms with E-state index in [0.29, 0.717) is 29.5 Å². The van der Waals surface area contributed by atoms with E-state index >= 15 is 0 Å². The molecule has 3 aromatic rings. The summed E-state index contributed by atoms with van der Waals surface area (Å²) in [5, 5.41) is 10.9. The van der Waals surface area contributed by atoms with Crippen LogP contribution in [0.25, 0.3) is 11.5 Å². The summed E-state index contributed by atoms with van der Waals surface area (Å²) in [6.07, 6.45) is 1.84. The molecule has 0 spiro atoms. The summed E-state index contributed by atoms with van der Waals surface area (Å²) in [6, 6.07) is 5.42. The Morgan fingerprint density at radius 2 is 2.12 bits per heavy atom. The number of nitrogens with zero attached hydrogens (tertiary/aromatic N) is 5. The zero-order chi connectivity index (χ0) is 18.7. The summed E-state index contributed by atoms with van der Waals surface area (Å²) in [5.41, 5.74) is 1.85. The second kappa shape index (κ2) is 7.34. The van der Waals surface area contributed by atoms with Crippen LogP contribution < -0.4 is 11.0 Å². The number of pyridine rings is 1. The van der Waals surface area contributed by atoms with E-state index in [1.165, 1.54) is 9.25 Å². The lowest BCUT2D eigenvalue weighted by atomic mass is 10.1. The number of amides is 1. The van der Waals surface area contributed by atoms with Crippen LogP contribution >= 0.6 is 0 Å². The van der Waals surface area contributed by atoms with Crippen LogP contribution in [0.15, 0.2) is 33.7 Å². The molecular formula is C17H20N6O3. The van der Waals surface area contributed by atoms with Crippen LogP contribution in [-0.2, 0) is 24.8 Å². The molecule has 0 bridgehead atoms. The molecule has 0 aliphatic rings. The summed E-state index contributed by atoms with van der Waals surface area (Å²) in [7, 11) is 1.64. The first-order chi connectivity index (χ1) is 12.5. The van der Waals surface area contributed by atoms with Gasteiger partial charge in [0.1, 0.15) is 11.5 Å². The van der Waals surface area contributed by atoms with E-state index in [1.807, 2.05) is 6.07 Å². The van der Waals surface area contributed by atoms with E-state index in [4.69, 9.17) is 4.52 Å². The normalized spacial score (nSPS) is 10.9. The van der Waals surface area contributed by atoms with Gasteiger partial charge in [0.05, 0.1) is 18.7 Å². The van der Waals surface area contributed by atoms with Crippen molar-refractivity contribution < 1.29 is 9.32 Å². The van der Waals surface area contributed by atoms with Crippen molar-refractivity contribution in [3.8, 4) is 11.5 Å². The predicted octanol–water partition coefficient (Wildman–Crippen LogP) is 0.608. The van der Waals surface area contributed by atoms with Crippen molar-refractivity contribution in [2.75, 3.05) is 6.54 Å². The van der Waals surface area contributed by atoms with Gasteiger partial charge < -0.3 is 9.84 Å². The zero-order valence-corrected chi connectivity index (χ0v) is 14.9. The first-order valence-corrected chi connectivity index (χ1v) is 8.21. The molecule has 0 radical (unpaired) electrons. The average Bonchev–Trinajstić information content (AvgIpc) is 3.10. The lowest BCUT2D eigenvalue weighted by molar-refractivity contribution is -0.120. The summed E-state index contributed by atoms with van der Waals surface area (Å²) < 4.78 is 7.81. The lowest BCUT2D eigenvalue weighted by Gasteiger charge is -2.04. The lowest BCUT2D eigenvalue weighted by Crippen LogP contribution is -2.32. The molecule has 1 amide bonds. The Labute approximate surface area is 149 Å². The van der Waals surface area contributed by atoms with E-state index in [0.717, 1.165) is 5.56 Å². The number of rotatable bonds is 6. The Morgan fingerprint density at radius 3 is 2.77 bits per heavy atom. The van der Waals surface area contributed by atoms with E-state index in [1.54, 1.807) is 39.2 Å². The molecule has 26 heavy (non-hydrogen) atoms. The van der Waals surface area contributed by atoms with Crippen LogP contribution in [-0.4, -0.2) is 36.9 Å². The summed E-state index contributed by atoms with van der Waals surface area (Å²) >= 11 is 0. The number of carbonyl (C=O) groups excluding carboxylic acids is 1. The molecule has 3 rings (SSSR count). The summed E-state index contributed by atoms with van der Waals surface area (Å²) in [5.74, 6) is 0.963. The highest BCUT2D eigenvalue weighted by Gasteiger charge is 2.15. The summed E-state index contributed by atoms with van der Waals surface area (Å²) in [6.45, 7) is 4.13. The van der Waals surface area contributed by atoms with Gasteiger partial charge in [-0.2, -0.15) is 0 Å². The van der Waals surface area contributed by atoms with Gasteiger partial charge in [0.2, 0.25) is 5.91 Å². The quantitative estimate of drug-likeness (QED) is 0.693. The van der Waals surface area contributed by atoms with Crippen molar-refractivity contribution in [1.29, 1.82) is 0 Å². The molecule has 0 saturated heterocycles. The molecule has 0 unspecified atom stereocenters. The van der Waals surface area contributed by atoms with Gasteiger partial charge in [-0.15, -0.1) is 5.10 Å². The smallest absolute Gasteiger partial charge is 0.346 e. The molecule has 0 aliphatic carbocycles. The molecule has 0 fully saturated rings. The fourth-order valence-electron chi connectivity index (χ4n) is 2.63. The molecule has 9 nitrogen and oxygen atoms in total. The van der Waals surface area contributed by atoms with Crippen molar-refractivity contribution in [1.82, 2.24) is 29.8 Å². The van der Waals surface area contributed by atoms with E-state index in [-0.39, 0.29) is 24.6 Å². The molecule has 1 N–H and O–H groups in total. The van der Waals surface area contributed by atoms with Gasteiger partial charge in [-0.1, -0.05) is 11.2 Å². The standard InChI is InChI=1S/C17H20N6O3/c1-11-13(12(2)26-21-11)10-15(24)19-8-9-23-17(25)22(3)16(20-23)14-6-4-5-7-18-14/h4-7H,8-10H2,1-3H3,(H,19,24). The van der Waals surface area contributed by atoms with Gasteiger partial charge in [0, 0.05) is 25.4 Å². The number of hydrogen-bond donors (Lipinski definition) is 1. The van der Waals surface area contributed by atoms with Crippen molar-refractivity contribution in [3.63, 3.8) is 0 Å². The minimum atomic E-state index is -0.259. The van der Waals surface area contributed by atoms with Crippen LogP contribution in [0.2, 0.25) is 0 Å². The Kier molecular flexibility index (Phi) is 4.97. The molecule has 0 aromatic carbocycles. The van der Waals surface area contributed by atoms with Crippen LogP contribution in [0.4, 0.5) is 0 Å². The fraction of sp³-hybridized carbons (Fsp3) is 0.353. The molecule has 136 valence electrons. The highest BCUT2D eigenvalue weighted by atomic mass is 16.5. The third-order valence-corrected chi connectivity index (χ3v) is 4.10. The topological polar surface area (TPSA) is 108 Å². The Bertz CT molecular complexity index is 951. The first-order valence-electron chi connectivity index (χ1n) is 8.21. The number of aryl methyl sites for hydroxylation is 2. The first kappa shape index (κ1) is 17.6. The zero-order valence-electron chi connectivity index (χ0n) is 14.9. The molecule has 9 heteroatoms. The second-order valence-corrected chi connectivity index (χ2v) is 5.93. The SMILES string of the molecule is Cc1noc(C)c1CC(=O)NCCn1nc(-c2ccccn2)n(C)c1=O. The van der Waals surface area contributed by atoms with Crippen molar-refractivity contribution in [2.24, 2.45) is 7.05 Å². The Morgan fingerprint density at radius 1 is 1.31 bits per heavy atom. The number of nitrogens with one attached hydrogen (secondary N) is 1. The Balaban J connectivity index is 1.62. The maximum absolute atomic E-state index is 12.3. The van der Waals surface area contributed by atoms with Gasteiger partial charge in [0.15, 0.2) is 5.82 Å². The van der Waals surface area contributed by atoms with Crippen LogP contribution in [0.5, 0.6) is 0 Å². The molecule has 0 saturated carbocycles. The fourth-order valence-corrected chi connectivity index (χ4v) is 2.63. The maximum atomic E-state index is 12.3. The maximum Gasteiger partial charge on any atom is 0.346 e. The number of aromatic nitrogens is 5. The molecule has 0 aliphatic heterocycles. The number of hydrogen-bond acceptors (Lipinski definition) is 6. The summed E-state index contributed by atoms with van der Waals surface area (Å²) in [4.78, 5) is 28.6. The van der Waals surface area contributed by atoms with Crippen molar-refractivity contribution in [3.05, 3.63) is 51.9 Å². The van der Waals surface area contributed by atoms with Gasteiger partial charge in [0.25, 0.3) is 0 Å². The molecular weight excluding hydrogens is 336 g/mol. The average molecular weight is 356 g/mol. The van der Waals surface area contributed by atoms with Crippen molar-refractivity contribution in [2.45, 2.75) is 26.8 Å². The molecule has 0 atom stereocenters. The number of carbonyl (C=O) groups is 1. The minimum absolute atomic E-state index is 0.159. The van der Waals surface area contributed by atoms with Gasteiger partial charge >= 0.3 is 5.69 Å². The molecule has 3 aromatic heterocycles. The predicted molar refractivity (Wildman–Crippen MR) is 93.4 cm³/mol. The van der Waals surface area contributed by atoms with Crippen LogP contribution in [0.1, 0.15) is 17.0 Å². The highest BCUT2D eigenvalue weighted by Crippen LogP contribution is 2.12. The third kappa shape index (κ3) is 3.56. The highest BCUT2D eigenvalue weighted by molar-refractivity contribution is 5.78. The van der Waals surface area contributed by atoms with Gasteiger partial charge in [-0.3, -0.25) is 14.3 Å². The minimum Gasteiger partial charge on any atom is -0.361 e. The van der Waals surface area contributed by atoms with E-state index in [2.05, 4.69) is 20.6 Å². The Hall–Kier alpha value is -3.23. The van der Waals surface area contributed by atoms with E-state index < -0.39 is 0 Å². The van der Waals surface area contributed by atoms with Gasteiger partial charge in [-0.25, -0.2) is 9.48 Å².